The van der Waals surface area contributed by atoms with E-state index in [-0.39, 0.29) is 41.9 Å². The number of carbonyl (C=O) groups excluding carboxylic acids is 6. The number of halogens is 8. The summed E-state index contributed by atoms with van der Waals surface area (Å²) in [4.78, 5) is 122. The van der Waals surface area contributed by atoms with E-state index in [9.17, 15) is 33.6 Å². The summed E-state index contributed by atoms with van der Waals surface area (Å²) >= 11 is 23.4. The first-order valence-corrected chi connectivity index (χ1v) is 41.8. The first kappa shape index (κ1) is 97.3. The van der Waals surface area contributed by atoms with Crippen LogP contribution in [0.3, 0.4) is 0 Å². The number of anilines is 5. The number of aryl methyl sites for hydroxylation is 1. The highest BCUT2D eigenvalue weighted by atomic mass is 79.9. The predicted octanol–water partition coefficient (Wildman–Crippen LogP) is 14.6. The predicted molar refractivity (Wildman–Crippen MR) is 477 cm³/mol. The number of alkyl halides is 1. The van der Waals surface area contributed by atoms with Crippen LogP contribution >= 0.6 is 124 Å². The van der Waals surface area contributed by atoms with Crippen LogP contribution in [0.2, 0.25) is 0 Å². The lowest BCUT2D eigenvalue weighted by Gasteiger charge is -2.31. The molecule has 0 aromatic carbocycles. The lowest BCUT2D eigenvalue weighted by molar-refractivity contribution is -0.148. The summed E-state index contributed by atoms with van der Waals surface area (Å²) in [5.74, 6) is 3.33. The summed E-state index contributed by atoms with van der Waals surface area (Å²) in [5.41, 5.74) is 9.44. The van der Waals surface area contributed by atoms with Crippen LogP contribution in [0.15, 0.2) is 156 Å². The van der Waals surface area contributed by atoms with Gasteiger partial charge in [0, 0.05) is 241 Å². The third kappa shape index (κ3) is 34.5. The van der Waals surface area contributed by atoms with E-state index in [0.29, 0.717) is 96.6 Å². The Kier molecular flexibility index (Phi) is 42.6. The van der Waals surface area contributed by atoms with Crippen molar-refractivity contribution in [3.8, 4) is 0 Å². The fourth-order valence-corrected chi connectivity index (χ4v) is 13.5. The third-order valence-electron chi connectivity index (χ3n) is 16.4. The maximum Gasteiger partial charge on any atom is 0.331 e. The van der Waals surface area contributed by atoms with E-state index in [1.807, 2.05) is 123 Å². The van der Waals surface area contributed by atoms with E-state index in [2.05, 4.69) is 183 Å². The normalized spacial score (nSPS) is 14.2. The maximum atomic E-state index is 11.8. The average molecular weight is 2050 g/mol. The highest BCUT2D eigenvalue weighted by molar-refractivity contribution is 9.11. The number of aromatic nitrogens is 8. The molecule has 1 saturated heterocycles. The van der Waals surface area contributed by atoms with Gasteiger partial charge in [0.25, 0.3) is 0 Å². The molecule has 115 heavy (non-hydrogen) atoms. The molecule has 5 aliphatic rings. The summed E-state index contributed by atoms with van der Waals surface area (Å²) in [5, 5.41) is 28.2. The number of hydrogen-bond donors (Lipinski definition) is 7. The number of pyridine rings is 8. The Hall–Kier alpha value is -8.26. The Morgan fingerprint density at radius 1 is 0.496 bits per heavy atom. The van der Waals surface area contributed by atoms with Crippen LogP contribution in [0.1, 0.15) is 109 Å². The van der Waals surface area contributed by atoms with Crippen molar-refractivity contribution in [3.63, 3.8) is 0 Å². The highest BCUT2D eigenvalue weighted by Gasteiger charge is 2.28. The Morgan fingerprint density at radius 2 is 0.904 bits per heavy atom. The lowest BCUT2D eigenvalue weighted by atomic mass is 10.1. The molecule has 0 aliphatic carbocycles. The lowest BCUT2D eigenvalue weighted by Crippen LogP contribution is -2.44. The minimum Gasteiger partial charge on any atom is -0.478 e. The van der Waals surface area contributed by atoms with Gasteiger partial charge in [0.05, 0.1) is 0 Å². The molecule has 28 nitrogen and oxygen atoms in total. The van der Waals surface area contributed by atoms with Crippen LogP contribution in [0, 0.1) is 6.92 Å². The van der Waals surface area contributed by atoms with Gasteiger partial charge in [-0.05, 0) is 226 Å². The fourth-order valence-electron chi connectivity index (χ4n) is 10.6. The van der Waals surface area contributed by atoms with Crippen molar-refractivity contribution in [2.45, 2.75) is 110 Å². The number of nitrogens with zero attached hydrogens (tertiary/aromatic N) is 13. The van der Waals surface area contributed by atoms with Crippen molar-refractivity contribution in [1.29, 1.82) is 0 Å². The Balaban J connectivity index is 0.000000239. The van der Waals surface area contributed by atoms with Crippen molar-refractivity contribution in [2.75, 3.05) is 101 Å². The molecule has 5 aliphatic heterocycles. The summed E-state index contributed by atoms with van der Waals surface area (Å²) in [6, 6.07) is 21.5. The van der Waals surface area contributed by atoms with E-state index in [4.69, 9.17) is 9.84 Å². The van der Waals surface area contributed by atoms with Gasteiger partial charge < -0.3 is 61.3 Å². The minimum absolute atomic E-state index is 0. The minimum atomic E-state index is -1.00. The van der Waals surface area contributed by atoms with Crippen LogP contribution in [0.4, 0.5) is 29.1 Å². The standard InChI is InChI=1S/C17H23N3O3.C13H15N3O3.2C10H12BrN3O.C10H13N3O.C7H8Br2N2.C6H5Br2N.C6H6BrN.ClH/c1-17(2,3)23-15(22)6-5-12-9-13-11-20(4)14(21)7-8-18-16(13)19-10-12;1-16-8-10-6-9(2-3-12(18)19)7-15-13(10)14-5-4-11(16)17;1-14-6-7-4-8(11)5-13-10(7)12-3-2-9(14)15;1-12-5-7-4-8(11)6-13-10(7)14-3-2-9(14)15;1-13-7-8-3-2-5-11-10(8)12-6-4-9(13)14;1-10-3-5-2-6(8)4-11-7(5)9;7-4-5-2-1-3-9-6(5)8;1-5-3-2-4-8-6(5)7;/h5-6,9-10H,7-8,11H2,1-4H3,(H,18,19);2-3,6-7H,4-5,8H2,1H3,(H,14,15)(H,18,19);4-5H,2-3,6H2,1H3,(H,12,13);4,6,12H,2-3,5H2,1H3;2-3,5H,4,6-7H2,1H3,(H,11,12);2,4,10H,3H2,1H3;1-3H,4H2;2-4H,1H3;1H/b6-5+;3-2+;;;;;;;. The van der Waals surface area contributed by atoms with Crippen molar-refractivity contribution < 1.29 is 43.4 Å². The molecule has 0 bridgehead atoms. The molecule has 0 atom stereocenters. The van der Waals surface area contributed by atoms with E-state index in [1.54, 1.807) is 94.2 Å². The maximum absolute atomic E-state index is 11.8. The SMILES string of the molecule is BrCc1cccnc1Br.CN1Cc2cc(/C=C/C(=O)O)cnc2NCCC1=O.CN1Cc2cc(/C=C/C(=O)OC(C)(C)C)cnc2NCCC1=O.CN1Cc2cc(Br)cnc2NCCC1=O.CN1Cc2cccnc2NCCC1=O.CNCc1cc(Br)cnc1Br.CNCc1cc(Br)cnc1N1CCC1=O.Cc1cccnc1Br.Cl. The van der Waals surface area contributed by atoms with Crippen LogP contribution < -0.4 is 36.8 Å². The molecule has 36 heteroatoms. The summed E-state index contributed by atoms with van der Waals surface area (Å²) in [6.07, 6.45) is 22.0. The number of rotatable bonds is 10. The molecule has 13 heterocycles. The third-order valence-corrected chi connectivity index (χ3v) is 20.6. The molecule has 8 aromatic heterocycles. The molecule has 1 fully saturated rings. The second kappa shape index (κ2) is 50.4. The molecule has 0 radical (unpaired) electrons. The first-order valence-electron chi connectivity index (χ1n) is 35.9. The number of carbonyl (C=O) groups is 7. The van der Waals surface area contributed by atoms with E-state index >= 15 is 0 Å². The van der Waals surface area contributed by atoms with Crippen molar-refractivity contribution in [1.82, 2.24) is 70.1 Å². The quantitative estimate of drug-likeness (QED) is 0.0220. The smallest absolute Gasteiger partial charge is 0.331 e. The summed E-state index contributed by atoms with van der Waals surface area (Å²) in [6.45, 7) is 14.4. The molecular formula is C79H95Br7ClN19O9. The van der Waals surface area contributed by atoms with Gasteiger partial charge in [-0.1, -0.05) is 34.1 Å². The Labute approximate surface area is 736 Å². The van der Waals surface area contributed by atoms with Crippen LogP contribution in [-0.2, 0) is 82.9 Å². The molecular weight excluding hydrogens is 1950 g/mol. The van der Waals surface area contributed by atoms with Gasteiger partial charge in [-0.2, -0.15) is 0 Å². The van der Waals surface area contributed by atoms with Crippen LogP contribution in [-0.4, -0.2) is 187 Å². The van der Waals surface area contributed by atoms with Gasteiger partial charge in [-0.25, -0.2) is 49.5 Å². The van der Waals surface area contributed by atoms with Gasteiger partial charge in [-0.3, -0.25) is 28.9 Å². The number of fused-ring (bicyclic) bond motifs is 4. The van der Waals surface area contributed by atoms with Gasteiger partial charge in [0.1, 0.15) is 48.5 Å². The van der Waals surface area contributed by atoms with Gasteiger partial charge in [0.15, 0.2) is 0 Å². The number of nitrogens with one attached hydrogen (secondary N) is 6. The Morgan fingerprint density at radius 3 is 1.34 bits per heavy atom. The van der Waals surface area contributed by atoms with Gasteiger partial charge in [0.2, 0.25) is 29.5 Å². The average Bonchev–Trinajstić information content (AvgIpc) is 0.801. The zero-order valence-electron chi connectivity index (χ0n) is 65.4. The number of ether oxygens (including phenoxy) is 1. The number of amides is 5. The van der Waals surface area contributed by atoms with E-state index in [0.717, 1.165) is 120 Å². The number of aliphatic carboxylic acids is 1. The van der Waals surface area contributed by atoms with Crippen LogP contribution in [0.25, 0.3) is 12.2 Å². The van der Waals surface area contributed by atoms with Crippen molar-refractivity contribution in [3.05, 3.63) is 211 Å². The summed E-state index contributed by atoms with van der Waals surface area (Å²) in [7, 11) is 11.0. The van der Waals surface area contributed by atoms with Crippen molar-refractivity contribution in [2.24, 2.45) is 0 Å². The molecule has 7 N–H and O–H groups in total. The molecule has 13 rings (SSSR count). The molecule has 0 saturated carbocycles. The van der Waals surface area contributed by atoms with Crippen molar-refractivity contribution >= 4 is 207 Å². The number of β-lactam (4-membered cyclic amide) rings is 1. The topological polar surface area (TPSA) is 340 Å². The summed E-state index contributed by atoms with van der Waals surface area (Å²) < 4.78 is 10.9. The molecule has 8 aromatic rings. The van der Waals surface area contributed by atoms with Gasteiger partial charge in [-0.15, -0.1) is 12.4 Å². The van der Waals surface area contributed by atoms with Crippen LogP contribution in [0.5, 0.6) is 0 Å². The number of hydrogen-bond acceptors (Lipinski definition) is 22. The number of esters is 1. The number of carboxylic acids is 1. The number of carboxylic acid groups (broad SMARTS) is 1. The molecule has 616 valence electrons. The van der Waals surface area contributed by atoms with Gasteiger partial charge >= 0.3 is 11.9 Å². The van der Waals surface area contributed by atoms with E-state index < -0.39 is 17.5 Å². The van der Waals surface area contributed by atoms with E-state index in [1.165, 1.54) is 23.3 Å². The first-order chi connectivity index (χ1) is 54.3. The highest BCUT2D eigenvalue weighted by Crippen LogP contribution is 2.28. The fraction of sp³-hybridized carbons (Fsp3) is 0.354. The Bertz CT molecular complexity index is 4620. The molecule has 5 amide bonds. The largest absolute Gasteiger partial charge is 0.478 e. The second-order valence-electron chi connectivity index (χ2n) is 26.8. The molecule has 0 spiro atoms. The molecule has 0 unspecified atom stereocenters. The monoisotopic (exact) mass is 2040 g/mol. The zero-order chi connectivity index (χ0) is 83.4. The zero-order valence-corrected chi connectivity index (χ0v) is 77.3. The second-order valence-corrected chi connectivity index (χ2v) is 32.3.